The first-order valence-corrected chi connectivity index (χ1v) is 4.90. The first kappa shape index (κ1) is 9.85. The van der Waals surface area contributed by atoms with Gasteiger partial charge in [0.2, 0.25) is 0 Å². The van der Waals surface area contributed by atoms with Crippen LogP contribution in [0.15, 0.2) is 22.4 Å². The third kappa shape index (κ3) is 1.92. The molecule has 0 bridgehead atoms. The molecule has 0 spiro atoms. The van der Waals surface area contributed by atoms with Crippen molar-refractivity contribution in [1.82, 2.24) is 4.98 Å². The van der Waals surface area contributed by atoms with Crippen molar-refractivity contribution in [1.29, 1.82) is 0 Å². The summed E-state index contributed by atoms with van der Waals surface area (Å²) in [5.41, 5.74) is 7.18. The van der Waals surface area contributed by atoms with Gasteiger partial charge >= 0.3 is 0 Å². The van der Waals surface area contributed by atoms with Crippen LogP contribution in [0.4, 0.5) is 0 Å². The zero-order valence-corrected chi connectivity index (χ0v) is 8.30. The highest BCUT2D eigenvalue weighted by Gasteiger charge is 2.09. The molecule has 0 fully saturated rings. The summed E-state index contributed by atoms with van der Waals surface area (Å²) in [5.74, 6) is 0.106. The molecule has 0 aliphatic carbocycles. The van der Waals surface area contributed by atoms with Crippen LogP contribution in [0.5, 0.6) is 0 Å². The molecule has 1 rings (SSSR count). The molecule has 0 aliphatic rings. The number of thioether (sulfide) groups is 1. The van der Waals surface area contributed by atoms with Gasteiger partial charge in [-0.05, 0) is 24.8 Å². The van der Waals surface area contributed by atoms with Gasteiger partial charge < -0.3 is 10.9 Å². The van der Waals surface area contributed by atoms with E-state index in [0.29, 0.717) is 5.56 Å². The van der Waals surface area contributed by atoms with E-state index in [2.05, 4.69) is 10.1 Å². The summed E-state index contributed by atoms with van der Waals surface area (Å²) in [7, 11) is 0. The fourth-order valence-corrected chi connectivity index (χ4v) is 1.69. The molecule has 1 aromatic heterocycles. The van der Waals surface area contributed by atoms with Crippen molar-refractivity contribution in [3.63, 3.8) is 0 Å². The van der Waals surface area contributed by atoms with Gasteiger partial charge in [0.25, 0.3) is 0 Å². The lowest BCUT2D eigenvalue weighted by Crippen LogP contribution is -2.16. The number of hydrogen-bond acceptors (Lipinski definition) is 4. The second kappa shape index (κ2) is 4.13. The first-order chi connectivity index (χ1) is 6.20. The number of aromatic nitrogens is 1. The first-order valence-electron chi connectivity index (χ1n) is 3.68. The minimum atomic E-state index is 0.106. The summed E-state index contributed by atoms with van der Waals surface area (Å²) < 4.78 is 0. The molecule has 0 saturated heterocycles. The van der Waals surface area contributed by atoms with E-state index < -0.39 is 0 Å². The molecule has 0 unspecified atom stereocenters. The van der Waals surface area contributed by atoms with Crippen LogP contribution in [-0.4, -0.2) is 22.3 Å². The number of nitrogens with zero attached hydrogens (tertiary/aromatic N) is 2. The average Bonchev–Trinajstić information content (AvgIpc) is 2.16. The van der Waals surface area contributed by atoms with Crippen LogP contribution in [0.3, 0.4) is 0 Å². The van der Waals surface area contributed by atoms with E-state index in [9.17, 15) is 0 Å². The Hall–Kier alpha value is -1.23. The number of nitrogens with two attached hydrogens (primary N) is 1. The molecule has 0 atom stereocenters. The predicted octanol–water partition coefficient (Wildman–Crippen LogP) is 1.21. The second-order valence-electron chi connectivity index (χ2n) is 2.50. The summed E-state index contributed by atoms with van der Waals surface area (Å²) >= 11 is 1.47. The molecular formula is C8H11N3OS. The van der Waals surface area contributed by atoms with Crippen molar-refractivity contribution in [2.45, 2.75) is 11.9 Å². The third-order valence-corrected chi connectivity index (χ3v) is 2.38. The molecule has 0 saturated carbocycles. The van der Waals surface area contributed by atoms with Crippen LogP contribution in [0.2, 0.25) is 0 Å². The topological polar surface area (TPSA) is 71.5 Å². The summed E-state index contributed by atoms with van der Waals surface area (Å²) in [6.45, 7) is 1.90. The summed E-state index contributed by atoms with van der Waals surface area (Å²) in [6.07, 6.45) is 3.60. The Balaban J connectivity index is 3.31. The van der Waals surface area contributed by atoms with E-state index in [4.69, 9.17) is 10.9 Å². The number of amidine groups is 1. The molecule has 5 heteroatoms. The Kier molecular flexibility index (Phi) is 3.13. The molecule has 0 aromatic carbocycles. The highest BCUT2D eigenvalue weighted by molar-refractivity contribution is 7.98. The Bertz CT molecular complexity index is 338. The standard InChI is InChI=1S/C8H11N3OS/c1-5-3-4-10-8(13-2)6(5)7(9)11-12/h3-4,12H,1-2H3,(H2,9,11). The zero-order chi connectivity index (χ0) is 9.84. The molecular weight excluding hydrogens is 186 g/mol. The van der Waals surface area contributed by atoms with Gasteiger partial charge in [-0.15, -0.1) is 11.8 Å². The normalized spacial score (nSPS) is 11.7. The lowest BCUT2D eigenvalue weighted by molar-refractivity contribution is 0.318. The molecule has 0 aliphatic heterocycles. The molecule has 13 heavy (non-hydrogen) atoms. The van der Waals surface area contributed by atoms with Gasteiger partial charge in [-0.1, -0.05) is 5.16 Å². The summed E-state index contributed by atoms with van der Waals surface area (Å²) in [5, 5.41) is 12.3. The van der Waals surface area contributed by atoms with E-state index >= 15 is 0 Å². The average molecular weight is 197 g/mol. The van der Waals surface area contributed by atoms with Crippen LogP contribution in [0, 0.1) is 6.92 Å². The van der Waals surface area contributed by atoms with Gasteiger partial charge in [-0.3, -0.25) is 0 Å². The van der Waals surface area contributed by atoms with E-state index in [1.54, 1.807) is 6.20 Å². The van der Waals surface area contributed by atoms with Gasteiger partial charge in [0.05, 0.1) is 5.56 Å². The van der Waals surface area contributed by atoms with Crippen LogP contribution in [-0.2, 0) is 0 Å². The molecule has 1 aromatic rings. The SMILES string of the molecule is CSc1nccc(C)c1/C(N)=N/O. The Morgan fingerprint density at radius 3 is 2.92 bits per heavy atom. The Labute approximate surface area is 80.9 Å². The molecule has 0 amide bonds. The van der Waals surface area contributed by atoms with E-state index in [-0.39, 0.29) is 5.84 Å². The van der Waals surface area contributed by atoms with Crippen LogP contribution < -0.4 is 5.73 Å². The highest BCUT2D eigenvalue weighted by atomic mass is 32.2. The Morgan fingerprint density at radius 2 is 2.38 bits per heavy atom. The van der Waals surface area contributed by atoms with Gasteiger partial charge in [0, 0.05) is 6.20 Å². The van der Waals surface area contributed by atoms with Crippen molar-refractivity contribution in [2.24, 2.45) is 10.9 Å². The maximum absolute atomic E-state index is 8.56. The van der Waals surface area contributed by atoms with Crippen LogP contribution in [0.1, 0.15) is 11.1 Å². The van der Waals surface area contributed by atoms with Gasteiger partial charge in [-0.2, -0.15) is 0 Å². The van der Waals surface area contributed by atoms with Crippen molar-refractivity contribution < 1.29 is 5.21 Å². The largest absolute Gasteiger partial charge is 0.409 e. The predicted molar refractivity (Wildman–Crippen MR) is 53.3 cm³/mol. The van der Waals surface area contributed by atoms with Crippen molar-refractivity contribution in [3.05, 3.63) is 23.4 Å². The third-order valence-electron chi connectivity index (χ3n) is 1.68. The summed E-state index contributed by atoms with van der Waals surface area (Å²) in [6, 6.07) is 1.83. The smallest absolute Gasteiger partial charge is 0.173 e. The minimum absolute atomic E-state index is 0.106. The van der Waals surface area contributed by atoms with E-state index in [1.165, 1.54) is 11.8 Å². The van der Waals surface area contributed by atoms with Crippen molar-refractivity contribution in [2.75, 3.05) is 6.26 Å². The van der Waals surface area contributed by atoms with Gasteiger partial charge in [-0.25, -0.2) is 4.98 Å². The molecule has 3 N–H and O–H groups in total. The minimum Gasteiger partial charge on any atom is -0.409 e. The lowest BCUT2D eigenvalue weighted by Gasteiger charge is -2.06. The number of oxime groups is 1. The van der Waals surface area contributed by atoms with E-state index in [0.717, 1.165) is 10.6 Å². The summed E-state index contributed by atoms with van der Waals surface area (Å²) in [4.78, 5) is 4.12. The van der Waals surface area contributed by atoms with Crippen molar-refractivity contribution >= 4 is 17.6 Å². The van der Waals surface area contributed by atoms with Crippen LogP contribution >= 0.6 is 11.8 Å². The zero-order valence-electron chi connectivity index (χ0n) is 7.48. The monoisotopic (exact) mass is 197 g/mol. The second-order valence-corrected chi connectivity index (χ2v) is 3.29. The number of aryl methyl sites for hydroxylation is 1. The van der Waals surface area contributed by atoms with Crippen molar-refractivity contribution in [3.8, 4) is 0 Å². The fourth-order valence-electron chi connectivity index (χ4n) is 1.05. The molecule has 1 heterocycles. The van der Waals surface area contributed by atoms with Gasteiger partial charge in [0.1, 0.15) is 5.03 Å². The maximum Gasteiger partial charge on any atom is 0.173 e. The molecule has 0 radical (unpaired) electrons. The van der Waals surface area contributed by atoms with Gasteiger partial charge in [0.15, 0.2) is 5.84 Å². The maximum atomic E-state index is 8.56. The Morgan fingerprint density at radius 1 is 1.69 bits per heavy atom. The molecule has 70 valence electrons. The fraction of sp³-hybridized carbons (Fsp3) is 0.250. The quantitative estimate of drug-likeness (QED) is 0.246. The number of hydrogen-bond donors (Lipinski definition) is 2. The lowest BCUT2D eigenvalue weighted by atomic mass is 10.1. The number of rotatable bonds is 2. The molecule has 4 nitrogen and oxygen atoms in total. The van der Waals surface area contributed by atoms with Crippen LogP contribution in [0.25, 0.3) is 0 Å². The highest BCUT2D eigenvalue weighted by Crippen LogP contribution is 2.19. The number of pyridine rings is 1. The van der Waals surface area contributed by atoms with E-state index in [1.807, 2.05) is 19.2 Å².